The fourth-order valence-electron chi connectivity index (χ4n) is 1.67. The van der Waals surface area contributed by atoms with Crippen molar-refractivity contribution < 1.29 is 4.79 Å². The van der Waals surface area contributed by atoms with Crippen molar-refractivity contribution in [2.45, 2.75) is 13.8 Å². The summed E-state index contributed by atoms with van der Waals surface area (Å²) in [5, 5.41) is 3.70. The van der Waals surface area contributed by atoms with E-state index in [0.29, 0.717) is 6.41 Å². The number of nitrogens with zero attached hydrogens (tertiary/aromatic N) is 1. The van der Waals surface area contributed by atoms with Crippen LogP contribution in [0.4, 0.5) is 5.69 Å². The third-order valence-electron chi connectivity index (χ3n) is 2.42. The molecule has 0 spiro atoms. The number of carbonyl (C=O) groups is 1. The van der Waals surface area contributed by atoms with E-state index in [1.165, 1.54) is 0 Å². The Morgan fingerprint density at radius 1 is 1.20 bits per heavy atom. The van der Waals surface area contributed by atoms with E-state index < -0.39 is 0 Å². The lowest BCUT2D eigenvalue weighted by molar-refractivity contribution is -0.105. The molecule has 0 fully saturated rings. The van der Waals surface area contributed by atoms with Crippen LogP contribution in [0.3, 0.4) is 0 Å². The van der Waals surface area contributed by atoms with Crippen LogP contribution in [0.15, 0.2) is 24.3 Å². The smallest absolute Gasteiger partial charge is 0.211 e. The van der Waals surface area contributed by atoms with Crippen molar-refractivity contribution in [1.29, 1.82) is 0 Å². The molecule has 0 aliphatic rings. The number of aromatic nitrogens is 1. The van der Waals surface area contributed by atoms with Crippen molar-refractivity contribution in [2.75, 3.05) is 5.32 Å². The maximum atomic E-state index is 10.5. The SMILES string of the molecule is Cc1ccc2c(NC=O)c(C)ccc2n1. The Bertz CT molecular complexity index is 520. The van der Waals surface area contributed by atoms with E-state index in [4.69, 9.17) is 0 Å². The maximum Gasteiger partial charge on any atom is 0.211 e. The highest BCUT2D eigenvalue weighted by atomic mass is 16.1. The van der Waals surface area contributed by atoms with Crippen LogP contribution in [0.1, 0.15) is 11.3 Å². The molecule has 1 N–H and O–H groups in total. The molecule has 2 rings (SSSR count). The van der Waals surface area contributed by atoms with Gasteiger partial charge in [0.05, 0.1) is 11.2 Å². The highest BCUT2D eigenvalue weighted by Crippen LogP contribution is 2.25. The van der Waals surface area contributed by atoms with Gasteiger partial charge < -0.3 is 5.32 Å². The molecule has 76 valence electrons. The van der Waals surface area contributed by atoms with Gasteiger partial charge in [0.2, 0.25) is 6.41 Å². The Kier molecular flexibility index (Phi) is 2.37. The van der Waals surface area contributed by atoms with Crippen LogP contribution >= 0.6 is 0 Å². The lowest BCUT2D eigenvalue weighted by Crippen LogP contribution is -1.98. The second kappa shape index (κ2) is 3.69. The van der Waals surface area contributed by atoms with Gasteiger partial charge in [0, 0.05) is 11.1 Å². The number of rotatable bonds is 2. The van der Waals surface area contributed by atoms with Crippen LogP contribution < -0.4 is 5.32 Å². The Morgan fingerprint density at radius 3 is 2.73 bits per heavy atom. The highest BCUT2D eigenvalue weighted by molar-refractivity contribution is 5.97. The van der Waals surface area contributed by atoms with Crippen molar-refractivity contribution in [3.8, 4) is 0 Å². The van der Waals surface area contributed by atoms with Crippen LogP contribution in [-0.2, 0) is 4.79 Å². The fourth-order valence-corrected chi connectivity index (χ4v) is 1.67. The highest BCUT2D eigenvalue weighted by Gasteiger charge is 2.04. The fraction of sp³-hybridized carbons (Fsp3) is 0.167. The monoisotopic (exact) mass is 200 g/mol. The van der Waals surface area contributed by atoms with E-state index in [-0.39, 0.29) is 0 Å². The molecule has 0 aliphatic heterocycles. The maximum absolute atomic E-state index is 10.5. The van der Waals surface area contributed by atoms with Gasteiger partial charge in [-0.3, -0.25) is 9.78 Å². The Balaban J connectivity index is 2.75. The quantitative estimate of drug-likeness (QED) is 0.756. The molecule has 0 radical (unpaired) electrons. The zero-order valence-corrected chi connectivity index (χ0v) is 8.74. The molecule has 0 saturated carbocycles. The van der Waals surface area contributed by atoms with Crippen LogP contribution in [0, 0.1) is 13.8 Å². The molecule has 0 aliphatic carbocycles. The summed E-state index contributed by atoms with van der Waals surface area (Å²) >= 11 is 0. The number of amides is 1. The molecule has 1 aromatic carbocycles. The van der Waals surface area contributed by atoms with Crippen molar-refractivity contribution in [2.24, 2.45) is 0 Å². The molecule has 1 aromatic heterocycles. The first-order chi connectivity index (χ1) is 7.22. The van der Waals surface area contributed by atoms with Gasteiger partial charge in [-0.15, -0.1) is 0 Å². The zero-order chi connectivity index (χ0) is 10.8. The van der Waals surface area contributed by atoms with E-state index in [1.807, 2.05) is 38.1 Å². The zero-order valence-electron chi connectivity index (χ0n) is 8.74. The molecule has 3 nitrogen and oxygen atoms in total. The summed E-state index contributed by atoms with van der Waals surface area (Å²) < 4.78 is 0. The third-order valence-corrected chi connectivity index (χ3v) is 2.42. The summed E-state index contributed by atoms with van der Waals surface area (Å²) in [7, 11) is 0. The molecular weight excluding hydrogens is 188 g/mol. The lowest BCUT2D eigenvalue weighted by atomic mass is 10.1. The van der Waals surface area contributed by atoms with Gasteiger partial charge in [-0.25, -0.2) is 0 Å². The molecule has 0 saturated heterocycles. The summed E-state index contributed by atoms with van der Waals surface area (Å²) in [4.78, 5) is 14.9. The summed E-state index contributed by atoms with van der Waals surface area (Å²) in [6.07, 6.45) is 0.696. The largest absolute Gasteiger partial charge is 0.328 e. The molecule has 0 atom stereocenters. The number of carbonyl (C=O) groups excluding carboxylic acids is 1. The Hall–Kier alpha value is -1.90. The van der Waals surface area contributed by atoms with E-state index in [9.17, 15) is 4.79 Å². The van der Waals surface area contributed by atoms with E-state index in [2.05, 4.69) is 10.3 Å². The minimum absolute atomic E-state index is 0.696. The Morgan fingerprint density at radius 2 is 2.00 bits per heavy atom. The van der Waals surface area contributed by atoms with Crippen LogP contribution in [0.2, 0.25) is 0 Å². The second-order valence-electron chi connectivity index (χ2n) is 3.54. The van der Waals surface area contributed by atoms with Crippen LogP contribution in [-0.4, -0.2) is 11.4 Å². The predicted molar refractivity (Wildman–Crippen MR) is 60.9 cm³/mol. The van der Waals surface area contributed by atoms with Crippen LogP contribution in [0.25, 0.3) is 10.9 Å². The van der Waals surface area contributed by atoms with Gasteiger partial charge in [0.1, 0.15) is 0 Å². The summed E-state index contributed by atoms with van der Waals surface area (Å²) in [5.74, 6) is 0. The van der Waals surface area contributed by atoms with Gasteiger partial charge >= 0.3 is 0 Å². The number of aryl methyl sites for hydroxylation is 2. The van der Waals surface area contributed by atoms with E-state index >= 15 is 0 Å². The first-order valence-corrected chi connectivity index (χ1v) is 4.79. The molecule has 0 unspecified atom stereocenters. The molecule has 1 heterocycles. The number of hydrogen-bond donors (Lipinski definition) is 1. The summed E-state index contributed by atoms with van der Waals surface area (Å²) in [6, 6.07) is 7.85. The van der Waals surface area contributed by atoms with Gasteiger partial charge in [-0.1, -0.05) is 6.07 Å². The molecule has 0 bridgehead atoms. The number of benzene rings is 1. The Labute approximate surface area is 88.1 Å². The standard InChI is InChI=1S/C12H12N2O/c1-8-3-6-11-10(12(8)13-7-15)5-4-9(2)14-11/h3-7H,1-2H3,(H,13,15). The molecule has 1 amide bonds. The lowest BCUT2D eigenvalue weighted by Gasteiger charge is -2.08. The predicted octanol–water partition coefficient (Wildman–Crippen LogP) is 2.42. The van der Waals surface area contributed by atoms with Crippen molar-refractivity contribution >= 4 is 23.0 Å². The van der Waals surface area contributed by atoms with Crippen molar-refractivity contribution in [3.63, 3.8) is 0 Å². The topological polar surface area (TPSA) is 42.0 Å². The number of hydrogen-bond acceptors (Lipinski definition) is 2. The molecular formula is C12H12N2O. The van der Waals surface area contributed by atoms with E-state index in [1.54, 1.807) is 0 Å². The average molecular weight is 200 g/mol. The number of pyridine rings is 1. The van der Waals surface area contributed by atoms with Gasteiger partial charge in [0.15, 0.2) is 0 Å². The normalized spacial score (nSPS) is 10.3. The first kappa shape index (κ1) is 9.65. The second-order valence-corrected chi connectivity index (χ2v) is 3.54. The number of fused-ring (bicyclic) bond motifs is 1. The van der Waals surface area contributed by atoms with Gasteiger partial charge in [-0.2, -0.15) is 0 Å². The molecule has 3 heteroatoms. The van der Waals surface area contributed by atoms with Gasteiger partial charge in [-0.05, 0) is 37.6 Å². The molecule has 15 heavy (non-hydrogen) atoms. The number of anilines is 1. The minimum atomic E-state index is 0.696. The molecule has 2 aromatic rings. The summed E-state index contributed by atoms with van der Waals surface area (Å²) in [5.41, 5.74) is 3.77. The van der Waals surface area contributed by atoms with E-state index in [0.717, 1.165) is 27.8 Å². The van der Waals surface area contributed by atoms with Crippen molar-refractivity contribution in [1.82, 2.24) is 4.98 Å². The first-order valence-electron chi connectivity index (χ1n) is 4.79. The third kappa shape index (κ3) is 1.68. The minimum Gasteiger partial charge on any atom is -0.328 e. The van der Waals surface area contributed by atoms with Gasteiger partial charge in [0.25, 0.3) is 0 Å². The van der Waals surface area contributed by atoms with Crippen LogP contribution in [0.5, 0.6) is 0 Å². The summed E-state index contributed by atoms with van der Waals surface area (Å²) in [6.45, 7) is 3.91. The number of nitrogens with one attached hydrogen (secondary N) is 1. The van der Waals surface area contributed by atoms with Crippen molar-refractivity contribution in [3.05, 3.63) is 35.5 Å². The average Bonchev–Trinajstić information content (AvgIpc) is 2.22.